The summed E-state index contributed by atoms with van der Waals surface area (Å²) in [7, 11) is 3.10. The predicted molar refractivity (Wildman–Crippen MR) is 65.8 cm³/mol. The highest BCUT2D eigenvalue weighted by Crippen LogP contribution is 2.45. The number of methoxy groups -OCH3 is 2. The first-order chi connectivity index (χ1) is 8.12. The Morgan fingerprint density at radius 3 is 2.59 bits per heavy atom. The summed E-state index contributed by atoms with van der Waals surface area (Å²) in [4.78, 5) is 0. The lowest BCUT2D eigenvalue weighted by Crippen LogP contribution is -2.33. The number of ether oxygens (including phenoxy) is 2. The lowest BCUT2D eigenvalue weighted by molar-refractivity contribution is 0.322. The molecular formula is C13H19NO3. The highest BCUT2D eigenvalue weighted by atomic mass is 16.5. The quantitative estimate of drug-likeness (QED) is 0.844. The van der Waals surface area contributed by atoms with E-state index < -0.39 is 0 Å². The van der Waals surface area contributed by atoms with Crippen molar-refractivity contribution in [1.82, 2.24) is 5.32 Å². The Morgan fingerprint density at radius 2 is 2.06 bits per heavy atom. The molecule has 4 heteroatoms. The van der Waals surface area contributed by atoms with E-state index in [9.17, 15) is 5.11 Å². The first-order valence-corrected chi connectivity index (χ1v) is 5.82. The molecule has 1 heterocycles. The van der Waals surface area contributed by atoms with Crippen molar-refractivity contribution in [3.05, 3.63) is 17.7 Å². The van der Waals surface area contributed by atoms with Gasteiger partial charge in [-0.3, -0.25) is 0 Å². The van der Waals surface area contributed by atoms with Crippen LogP contribution in [0.15, 0.2) is 12.1 Å². The van der Waals surface area contributed by atoms with Crippen LogP contribution in [0.2, 0.25) is 0 Å². The standard InChI is InChI=1S/C13H19NO3/c1-13(7-4-8-14-13)9-5-6-10(16-2)12(17-3)11(9)15/h5-6,14-15H,4,7-8H2,1-3H3. The number of phenols is 1. The van der Waals surface area contributed by atoms with Gasteiger partial charge in [-0.25, -0.2) is 0 Å². The minimum absolute atomic E-state index is 0.170. The highest BCUT2D eigenvalue weighted by molar-refractivity contribution is 5.57. The van der Waals surface area contributed by atoms with Crippen LogP contribution in [0.1, 0.15) is 25.3 Å². The molecule has 1 unspecified atom stereocenters. The van der Waals surface area contributed by atoms with Crippen LogP contribution in [0.5, 0.6) is 17.2 Å². The molecule has 1 aliphatic heterocycles. The third-order valence-corrected chi connectivity index (χ3v) is 3.48. The largest absolute Gasteiger partial charge is 0.504 e. The van der Waals surface area contributed by atoms with Crippen molar-refractivity contribution in [2.24, 2.45) is 0 Å². The second kappa shape index (κ2) is 4.45. The first kappa shape index (κ1) is 12.0. The maximum atomic E-state index is 10.3. The van der Waals surface area contributed by atoms with Gasteiger partial charge >= 0.3 is 0 Å². The number of benzene rings is 1. The number of hydrogen-bond donors (Lipinski definition) is 2. The summed E-state index contributed by atoms with van der Waals surface area (Å²) in [5.74, 6) is 1.12. The van der Waals surface area contributed by atoms with Crippen molar-refractivity contribution in [3.8, 4) is 17.2 Å². The monoisotopic (exact) mass is 237 g/mol. The van der Waals surface area contributed by atoms with Gasteiger partial charge in [0.1, 0.15) is 0 Å². The van der Waals surface area contributed by atoms with Crippen molar-refractivity contribution >= 4 is 0 Å². The molecule has 0 bridgehead atoms. The Bertz CT molecular complexity index is 411. The fraction of sp³-hybridized carbons (Fsp3) is 0.538. The molecular weight excluding hydrogens is 218 g/mol. The molecule has 1 saturated heterocycles. The van der Waals surface area contributed by atoms with Crippen LogP contribution < -0.4 is 14.8 Å². The molecule has 0 aliphatic carbocycles. The van der Waals surface area contributed by atoms with E-state index in [1.54, 1.807) is 7.11 Å². The summed E-state index contributed by atoms with van der Waals surface area (Å²) < 4.78 is 10.4. The highest BCUT2D eigenvalue weighted by Gasteiger charge is 2.34. The third-order valence-electron chi connectivity index (χ3n) is 3.48. The number of hydrogen-bond acceptors (Lipinski definition) is 4. The van der Waals surface area contributed by atoms with Crippen molar-refractivity contribution < 1.29 is 14.6 Å². The molecule has 0 radical (unpaired) electrons. The molecule has 2 rings (SSSR count). The molecule has 0 spiro atoms. The van der Waals surface area contributed by atoms with E-state index in [1.165, 1.54) is 7.11 Å². The van der Waals surface area contributed by atoms with Crippen LogP contribution in [-0.4, -0.2) is 25.9 Å². The molecule has 0 aromatic heterocycles. The number of nitrogens with one attached hydrogen (secondary N) is 1. The molecule has 2 N–H and O–H groups in total. The SMILES string of the molecule is COc1ccc(C2(C)CCCN2)c(O)c1OC. The molecule has 1 fully saturated rings. The van der Waals surface area contributed by atoms with Crippen LogP contribution in [0.4, 0.5) is 0 Å². The van der Waals surface area contributed by atoms with Gasteiger partial charge in [0.2, 0.25) is 5.75 Å². The molecule has 1 aromatic carbocycles. The molecule has 94 valence electrons. The summed E-state index contributed by atoms with van der Waals surface area (Å²) in [6.45, 7) is 3.07. The van der Waals surface area contributed by atoms with Gasteiger partial charge in [-0.2, -0.15) is 0 Å². The predicted octanol–water partition coefficient (Wildman–Crippen LogP) is 2.01. The third kappa shape index (κ3) is 1.93. The van der Waals surface area contributed by atoms with Gasteiger partial charge in [0, 0.05) is 11.1 Å². The van der Waals surface area contributed by atoms with Crippen molar-refractivity contribution in [2.75, 3.05) is 20.8 Å². The van der Waals surface area contributed by atoms with Crippen LogP contribution in [0.3, 0.4) is 0 Å². The van der Waals surface area contributed by atoms with Gasteiger partial charge in [-0.05, 0) is 38.4 Å². The van der Waals surface area contributed by atoms with E-state index in [0.717, 1.165) is 24.9 Å². The lowest BCUT2D eigenvalue weighted by Gasteiger charge is -2.27. The average molecular weight is 237 g/mol. The van der Waals surface area contributed by atoms with Gasteiger partial charge < -0.3 is 19.9 Å². The lowest BCUT2D eigenvalue weighted by atomic mass is 9.89. The Hall–Kier alpha value is -1.42. The van der Waals surface area contributed by atoms with Crippen LogP contribution in [0, 0.1) is 0 Å². The molecule has 0 amide bonds. The Kier molecular flexibility index (Phi) is 3.15. The molecule has 1 aromatic rings. The van der Waals surface area contributed by atoms with E-state index in [1.807, 2.05) is 12.1 Å². The molecule has 0 saturated carbocycles. The van der Waals surface area contributed by atoms with Crippen molar-refractivity contribution in [2.45, 2.75) is 25.3 Å². The number of rotatable bonds is 3. The number of aromatic hydroxyl groups is 1. The molecule has 17 heavy (non-hydrogen) atoms. The maximum absolute atomic E-state index is 10.3. The van der Waals surface area contributed by atoms with Crippen LogP contribution >= 0.6 is 0 Å². The summed E-state index contributed by atoms with van der Waals surface area (Å²) in [6.07, 6.45) is 2.13. The maximum Gasteiger partial charge on any atom is 0.203 e. The van der Waals surface area contributed by atoms with Gasteiger partial charge in [0.05, 0.1) is 14.2 Å². The fourth-order valence-corrected chi connectivity index (χ4v) is 2.48. The van der Waals surface area contributed by atoms with E-state index in [4.69, 9.17) is 9.47 Å². The zero-order chi connectivity index (χ0) is 12.5. The Morgan fingerprint density at radius 1 is 1.29 bits per heavy atom. The van der Waals surface area contributed by atoms with Crippen molar-refractivity contribution in [3.63, 3.8) is 0 Å². The Balaban J connectivity index is 2.49. The summed E-state index contributed by atoms with van der Waals surface area (Å²) in [5, 5.41) is 13.7. The van der Waals surface area contributed by atoms with Gasteiger partial charge in [0.15, 0.2) is 11.5 Å². The number of phenolic OH excluding ortho intramolecular Hbond substituents is 1. The second-order valence-electron chi connectivity index (χ2n) is 4.56. The van der Waals surface area contributed by atoms with Gasteiger partial charge in [0.25, 0.3) is 0 Å². The zero-order valence-corrected chi connectivity index (χ0v) is 10.5. The summed E-state index contributed by atoms with van der Waals surface area (Å²) in [5.41, 5.74) is 0.691. The van der Waals surface area contributed by atoms with Gasteiger partial charge in [-0.1, -0.05) is 0 Å². The second-order valence-corrected chi connectivity index (χ2v) is 4.56. The summed E-state index contributed by atoms with van der Waals surface area (Å²) >= 11 is 0. The van der Waals surface area contributed by atoms with Crippen LogP contribution in [-0.2, 0) is 5.54 Å². The van der Waals surface area contributed by atoms with E-state index in [0.29, 0.717) is 11.5 Å². The van der Waals surface area contributed by atoms with E-state index in [2.05, 4.69) is 12.2 Å². The average Bonchev–Trinajstić information content (AvgIpc) is 2.76. The van der Waals surface area contributed by atoms with E-state index in [-0.39, 0.29) is 11.3 Å². The van der Waals surface area contributed by atoms with Crippen molar-refractivity contribution in [1.29, 1.82) is 0 Å². The minimum atomic E-state index is -0.177. The first-order valence-electron chi connectivity index (χ1n) is 5.82. The Labute approximate surface area is 102 Å². The minimum Gasteiger partial charge on any atom is -0.504 e. The molecule has 1 aliphatic rings. The zero-order valence-electron chi connectivity index (χ0n) is 10.5. The summed E-state index contributed by atoms with van der Waals surface area (Å²) in [6, 6.07) is 3.73. The topological polar surface area (TPSA) is 50.7 Å². The smallest absolute Gasteiger partial charge is 0.203 e. The molecule has 4 nitrogen and oxygen atoms in total. The fourth-order valence-electron chi connectivity index (χ4n) is 2.48. The van der Waals surface area contributed by atoms with Crippen LogP contribution in [0.25, 0.3) is 0 Å². The van der Waals surface area contributed by atoms with Gasteiger partial charge in [-0.15, -0.1) is 0 Å². The normalized spacial score (nSPS) is 23.7. The molecule has 1 atom stereocenters. The van der Waals surface area contributed by atoms with E-state index >= 15 is 0 Å².